The Kier molecular flexibility index (Phi) is 2.76. The van der Waals surface area contributed by atoms with E-state index in [0.29, 0.717) is 5.75 Å². The van der Waals surface area contributed by atoms with Crippen LogP contribution in [0.2, 0.25) is 19.6 Å². The second-order valence-corrected chi connectivity index (χ2v) is 8.53. The van der Waals surface area contributed by atoms with Gasteiger partial charge < -0.3 is 4.43 Å². The van der Waals surface area contributed by atoms with Crippen molar-refractivity contribution < 1.29 is 8.82 Å². The highest BCUT2D eigenvalue weighted by molar-refractivity contribution is 6.70. The van der Waals surface area contributed by atoms with E-state index in [2.05, 4.69) is 0 Å². The maximum absolute atomic E-state index is 13.3. The maximum Gasteiger partial charge on any atom is 0.242 e. The molecule has 0 heterocycles. The van der Waals surface area contributed by atoms with Crippen molar-refractivity contribution >= 4 is 8.32 Å². The van der Waals surface area contributed by atoms with Gasteiger partial charge in [-0.1, -0.05) is 12.1 Å². The summed E-state index contributed by atoms with van der Waals surface area (Å²) in [4.78, 5) is 0. The topological polar surface area (TPSA) is 9.23 Å². The van der Waals surface area contributed by atoms with E-state index < -0.39 is 8.32 Å². The molecule has 1 aromatic rings. The molecule has 0 radical (unpaired) electrons. The summed E-state index contributed by atoms with van der Waals surface area (Å²) in [5.41, 5.74) is 0.863. The van der Waals surface area contributed by atoms with Gasteiger partial charge >= 0.3 is 0 Å². The minimum Gasteiger partial charge on any atom is -0.542 e. The van der Waals surface area contributed by atoms with Gasteiger partial charge in [-0.2, -0.15) is 0 Å². The Morgan fingerprint density at radius 1 is 1.23 bits per heavy atom. The molecule has 0 saturated carbocycles. The van der Waals surface area contributed by atoms with Crippen LogP contribution in [0.25, 0.3) is 0 Å². The number of hydrogen-bond acceptors (Lipinski definition) is 1. The molecule has 1 rings (SSSR count). The molecule has 0 amide bonds. The largest absolute Gasteiger partial charge is 0.542 e. The first-order valence-electron chi connectivity index (χ1n) is 4.34. The van der Waals surface area contributed by atoms with Crippen LogP contribution in [-0.2, 0) is 0 Å². The summed E-state index contributed by atoms with van der Waals surface area (Å²) in [5, 5.41) is 0. The monoisotopic (exact) mass is 198 g/mol. The summed E-state index contributed by atoms with van der Waals surface area (Å²) < 4.78 is 18.9. The normalized spacial score (nSPS) is 11.5. The van der Waals surface area contributed by atoms with Crippen LogP contribution in [0.5, 0.6) is 5.75 Å². The summed E-state index contributed by atoms with van der Waals surface area (Å²) in [7, 11) is -1.70. The van der Waals surface area contributed by atoms with Gasteiger partial charge in [0.25, 0.3) is 0 Å². The molecule has 0 aliphatic heterocycles. The van der Waals surface area contributed by atoms with E-state index in [4.69, 9.17) is 4.43 Å². The molecular weight excluding hydrogens is 183 g/mol. The number of rotatable bonds is 2. The molecule has 1 aromatic carbocycles. The van der Waals surface area contributed by atoms with Crippen molar-refractivity contribution in [2.24, 2.45) is 0 Å². The quantitative estimate of drug-likeness (QED) is 0.662. The SMILES string of the molecule is Cc1cccc(F)c1O[Si](C)(C)C. The van der Waals surface area contributed by atoms with Gasteiger partial charge in [0.05, 0.1) is 0 Å². The summed E-state index contributed by atoms with van der Waals surface area (Å²) in [6, 6.07) is 4.99. The first-order valence-corrected chi connectivity index (χ1v) is 7.75. The molecule has 1 nitrogen and oxygen atoms in total. The van der Waals surface area contributed by atoms with E-state index in [-0.39, 0.29) is 5.82 Å². The predicted molar refractivity (Wildman–Crippen MR) is 55.1 cm³/mol. The summed E-state index contributed by atoms with van der Waals surface area (Å²) in [6.45, 7) is 7.98. The lowest BCUT2D eigenvalue weighted by Gasteiger charge is -2.21. The fraction of sp³-hybridized carbons (Fsp3) is 0.400. The van der Waals surface area contributed by atoms with Gasteiger partial charge in [-0.25, -0.2) is 4.39 Å². The third-order valence-electron chi connectivity index (χ3n) is 1.57. The lowest BCUT2D eigenvalue weighted by atomic mass is 10.2. The van der Waals surface area contributed by atoms with Crippen LogP contribution in [0, 0.1) is 12.7 Å². The molecular formula is C10H15FOSi. The third kappa shape index (κ3) is 2.84. The smallest absolute Gasteiger partial charge is 0.242 e. The minimum absolute atomic E-state index is 0.262. The molecule has 0 saturated heterocycles. The third-order valence-corrected chi connectivity index (χ3v) is 2.39. The number of benzene rings is 1. The van der Waals surface area contributed by atoms with Crippen molar-refractivity contribution in [2.45, 2.75) is 26.6 Å². The Bertz CT molecular complexity index is 284. The average Bonchev–Trinajstić information content (AvgIpc) is 1.95. The zero-order valence-electron chi connectivity index (χ0n) is 8.52. The van der Waals surface area contributed by atoms with Crippen LogP contribution in [0.1, 0.15) is 5.56 Å². The van der Waals surface area contributed by atoms with E-state index >= 15 is 0 Å². The van der Waals surface area contributed by atoms with Crippen LogP contribution in [0.3, 0.4) is 0 Å². The predicted octanol–water partition coefficient (Wildman–Crippen LogP) is 3.35. The molecule has 0 aromatic heterocycles. The second kappa shape index (κ2) is 3.50. The van der Waals surface area contributed by atoms with E-state index in [0.717, 1.165) is 5.56 Å². The number of hydrogen-bond donors (Lipinski definition) is 0. The molecule has 13 heavy (non-hydrogen) atoms. The van der Waals surface area contributed by atoms with Crippen molar-refractivity contribution in [2.75, 3.05) is 0 Å². The van der Waals surface area contributed by atoms with E-state index in [1.807, 2.05) is 32.6 Å². The van der Waals surface area contributed by atoms with E-state index in [1.165, 1.54) is 6.07 Å². The van der Waals surface area contributed by atoms with Crippen LogP contribution < -0.4 is 4.43 Å². The van der Waals surface area contributed by atoms with Gasteiger partial charge in [-0.3, -0.25) is 0 Å². The van der Waals surface area contributed by atoms with Gasteiger partial charge in [0.15, 0.2) is 5.82 Å². The summed E-state index contributed by atoms with van der Waals surface area (Å²) >= 11 is 0. The Hall–Kier alpha value is -0.833. The first-order chi connectivity index (χ1) is 5.90. The highest BCUT2D eigenvalue weighted by atomic mass is 28.4. The van der Waals surface area contributed by atoms with Gasteiger partial charge in [-0.15, -0.1) is 0 Å². The average molecular weight is 198 g/mol. The van der Waals surface area contributed by atoms with E-state index in [9.17, 15) is 4.39 Å². The van der Waals surface area contributed by atoms with Crippen molar-refractivity contribution in [3.8, 4) is 5.75 Å². The summed E-state index contributed by atoms with van der Waals surface area (Å²) in [5.74, 6) is 0.157. The molecule has 0 aliphatic rings. The van der Waals surface area contributed by atoms with Gasteiger partial charge in [0, 0.05) is 0 Å². The highest BCUT2D eigenvalue weighted by Crippen LogP contribution is 2.24. The molecule has 0 N–H and O–H groups in total. The lowest BCUT2D eigenvalue weighted by Crippen LogP contribution is -2.30. The fourth-order valence-electron chi connectivity index (χ4n) is 1.05. The molecule has 0 fully saturated rings. The Morgan fingerprint density at radius 3 is 2.31 bits per heavy atom. The molecule has 0 aliphatic carbocycles. The van der Waals surface area contributed by atoms with Crippen molar-refractivity contribution in [1.29, 1.82) is 0 Å². The Balaban J connectivity index is 3.00. The standard InChI is InChI=1S/C10H15FOSi/c1-8-6-5-7-9(11)10(8)12-13(2,3)4/h5-7H,1-4H3. The van der Waals surface area contributed by atoms with Crippen LogP contribution in [0.4, 0.5) is 4.39 Å². The molecule has 0 unspecified atom stereocenters. The lowest BCUT2D eigenvalue weighted by molar-refractivity contribution is 0.492. The molecule has 0 spiro atoms. The van der Waals surface area contributed by atoms with Crippen molar-refractivity contribution in [3.63, 3.8) is 0 Å². The van der Waals surface area contributed by atoms with E-state index in [1.54, 1.807) is 6.07 Å². The zero-order chi connectivity index (χ0) is 10.1. The first kappa shape index (κ1) is 10.2. The Morgan fingerprint density at radius 2 is 1.85 bits per heavy atom. The van der Waals surface area contributed by atoms with Crippen LogP contribution in [-0.4, -0.2) is 8.32 Å². The Labute approximate surface area is 79.7 Å². The highest BCUT2D eigenvalue weighted by Gasteiger charge is 2.19. The fourth-order valence-corrected chi connectivity index (χ4v) is 1.92. The van der Waals surface area contributed by atoms with Crippen molar-refractivity contribution in [1.82, 2.24) is 0 Å². The molecule has 72 valence electrons. The van der Waals surface area contributed by atoms with Crippen LogP contribution in [0.15, 0.2) is 18.2 Å². The van der Waals surface area contributed by atoms with Gasteiger partial charge in [0.2, 0.25) is 8.32 Å². The van der Waals surface area contributed by atoms with Crippen LogP contribution >= 0.6 is 0 Å². The molecule has 0 bridgehead atoms. The van der Waals surface area contributed by atoms with Crippen molar-refractivity contribution in [3.05, 3.63) is 29.6 Å². The van der Waals surface area contributed by atoms with Gasteiger partial charge in [-0.05, 0) is 38.2 Å². The molecule has 3 heteroatoms. The van der Waals surface area contributed by atoms with Gasteiger partial charge in [0.1, 0.15) is 5.75 Å². The minimum atomic E-state index is -1.70. The molecule has 0 atom stereocenters. The zero-order valence-corrected chi connectivity index (χ0v) is 9.52. The maximum atomic E-state index is 13.3. The second-order valence-electron chi connectivity index (χ2n) is 4.10. The number of para-hydroxylation sites is 1. The number of aryl methyl sites for hydroxylation is 1. The summed E-state index contributed by atoms with van der Waals surface area (Å²) in [6.07, 6.45) is 0. The number of halogens is 1.